The quantitative estimate of drug-likeness (QED) is 0.470. The molecule has 30 heavy (non-hydrogen) atoms. The Labute approximate surface area is 174 Å². The van der Waals surface area contributed by atoms with Gasteiger partial charge < -0.3 is 9.30 Å². The van der Waals surface area contributed by atoms with Crippen LogP contribution in [-0.4, -0.2) is 38.9 Å². The van der Waals surface area contributed by atoms with Gasteiger partial charge in [-0.05, 0) is 39.7 Å². The van der Waals surface area contributed by atoms with E-state index < -0.39 is 31.1 Å². The standard InChI is InChI=1S/C21H28F3N3O3/c1-12(2)9-27-16(6)17(14(4)25-27)8-20(29)30-10-19(28)18-7-13(3)26(15(18)5)11-21(22,23)24/h7,12H,8-11H2,1-6H3. The average Bonchev–Trinajstić information content (AvgIpc) is 3.03. The van der Waals surface area contributed by atoms with E-state index in [0.717, 1.165) is 28.1 Å². The molecule has 0 bridgehead atoms. The molecule has 6 nitrogen and oxygen atoms in total. The minimum Gasteiger partial charge on any atom is -0.457 e. The van der Waals surface area contributed by atoms with E-state index in [1.165, 1.54) is 19.9 Å². The molecule has 0 aliphatic carbocycles. The molecule has 2 aromatic heterocycles. The zero-order chi connectivity index (χ0) is 22.8. The van der Waals surface area contributed by atoms with Crippen LogP contribution in [0.5, 0.6) is 0 Å². The summed E-state index contributed by atoms with van der Waals surface area (Å²) in [6.45, 7) is 9.82. The van der Waals surface area contributed by atoms with Crippen molar-refractivity contribution in [3.8, 4) is 0 Å². The maximum absolute atomic E-state index is 12.7. The van der Waals surface area contributed by atoms with E-state index in [1.807, 2.05) is 18.5 Å². The summed E-state index contributed by atoms with van der Waals surface area (Å²) >= 11 is 0. The van der Waals surface area contributed by atoms with Gasteiger partial charge in [-0.2, -0.15) is 18.3 Å². The molecule has 0 unspecified atom stereocenters. The molecule has 0 radical (unpaired) electrons. The molecule has 0 aromatic carbocycles. The SMILES string of the molecule is Cc1nn(CC(C)C)c(C)c1CC(=O)OCC(=O)c1cc(C)n(CC(F)(F)F)c1C. The van der Waals surface area contributed by atoms with Crippen LogP contribution in [-0.2, 0) is 29.0 Å². The van der Waals surface area contributed by atoms with Gasteiger partial charge in [-0.15, -0.1) is 0 Å². The first-order valence-electron chi connectivity index (χ1n) is 9.75. The van der Waals surface area contributed by atoms with Crippen molar-refractivity contribution >= 4 is 11.8 Å². The number of ether oxygens (including phenoxy) is 1. The molecule has 9 heteroatoms. The summed E-state index contributed by atoms with van der Waals surface area (Å²) < 4.78 is 46.2. The van der Waals surface area contributed by atoms with Gasteiger partial charge in [-0.3, -0.25) is 14.3 Å². The third kappa shape index (κ3) is 5.73. The van der Waals surface area contributed by atoms with E-state index in [2.05, 4.69) is 18.9 Å². The molecule has 0 atom stereocenters. The molecule has 0 saturated carbocycles. The van der Waals surface area contributed by atoms with Gasteiger partial charge in [0, 0.05) is 34.8 Å². The van der Waals surface area contributed by atoms with Crippen LogP contribution in [0.25, 0.3) is 0 Å². The number of rotatable bonds is 8. The zero-order valence-electron chi connectivity index (χ0n) is 18.2. The second-order valence-electron chi connectivity index (χ2n) is 7.97. The summed E-state index contributed by atoms with van der Waals surface area (Å²) in [6.07, 6.45) is -4.41. The van der Waals surface area contributed by atoms with Crippen LogP contribution in [0.15, 0.2) is 6.07 Å². The fourth-order valence-corrected chi connectivity index (χ4v) is 3.44. The van der Waals surface area contributed by atoms with Gasteiger partial charge in [0.05, 0.1) is 12.1 Å². The molecule has 0 amide bonds. The van der Waals surface area contributed by atoms with Crippen molar-refractivity contribution in [3.63, 3.8) is 0 Å². The first-order valence-corrected chi connectivity index (χ1v) is 9.75. The van der Waals surface area contributed by atoms with Gasteiger partial charge in [0.1, 0.15) is 6.54 Å². The number of halogens is 3. The highest BCUT2D eigenvalue weighted by atomic mass is 19.4. The molecular formula is C21H28F3N3O3. The van der Waals surface area contributed by atoms with Crippen LogP contribution in [0.2, 0.25) is 0 Å². The van der Waals surface area contributed by atoms with E-state index in [-0.39, 0.29) is 17.7 Å². The largest absolute Gasteiger partial charge is 0.457 e. The second kappa shape index (κ2) is 9.06. The number of carbonyl (C=O) groups excluding carboxylic acids is 2. The minimum absolute atomic E-state index is 0.0177. The van der Waals surface area contributed by atoms with Gasteiger partial charge in [0.25, 0.3) is 0 Å². The molecule has 0 spiro atoms. The number of ketones is 1. The first-order chi connectivity index (χ1) is 13.8. The first kappa shape index (κ1) is 23.7. The lowest BCUT2D eigenvalue weighted by Crippen LogP contribution is -2.20. The van der Waals surface area contributed by atoms with Crippen molar-refractivity contribution in [2.45, 2.75) is 67.2 Å². The van der Waals surface area contributed by atoms with Crippen LogP contribution >= 0.6 is 0 Å². The molecular weight excluding hydrogens is 399 g/mol. The predicted molar refractivity (Wildman–Crippen MR) is 105 cm³/mol. The highest BCUT2D eigenvalue weighted by molar-refractivity contribution is 5.99. The van der Waals surface area contributed by atoms with E-state index in [0.29, 0.717) is 11.6 Å². The van der Waals surface area contributed by atoms with Crippen molar-refractivity contribution in [2.24, 2.45) is 5.92 Å². The Kier molecular flexibility index (Phi) is 7.15. The Morgan fingerprint density at radius 2 is 1.77 bits per heavy atom. The lowest BCUT2D eigenvalue weighted by molar-refractivity contribution is -0.142. The Bertz CT molecular complexity index is 940. The lowest BCUT2D eigenvalue weighted by Gasteiger charge is -2.12. The molecule has 0 aliphatic rings. The Balaban J connectivity index is 2.03. The van der Waals surface area contributed by atoms with E-state index >= 15 is 0 Å². The third-order valence-electron chi connectivity index (χ3n) is 4.97. The molecule has 0 saturated heterocycles. The van der Waals surface area contributed by atoms with Gasteiger partial charge in [0.15, 0.2) is 6.61 Å². The Morgan fingerprint density at radius 3 is 2.33 bits per heavy atom. The number of hydrogen-bond donors (Lipinski definition) is 0. The van der Waals surface area contributed by atoms with Gasteiger partial charge in [-0.25, -0.2) is 0 Å². The van der Waals surface area contributed by atoms with Crippen LogP contribution < -0.4 is 0 Å². The van der Waals surface area contributed by atoms with Gasteiger partial charge in [-0.1, -0.05) is 13.8 Å². The predicted octanol–water partition coefficient (Wildman–Crippen LogP) is 4.11. The second-order valence-corrected chi connectivity index (χ2v) is 7.97. The highest BCUT2D eigenvalue weighted by Gasteiger charge is 2.30. The summed E-state index contributed by atoms with van der Waals surface area (Å²) in [5, 5.41) is 4.45. The third-order valence-corrected chi connectivity index (χ3v) is 4.97. The Morgan fingerprint density at radius 1 is 1.13 bits per heavy atom. The number of Topliss-reactive ketones (excluding diaryl/α,β-unsaturated/α-hetero) is 1. The molecule has 0 aliphatic heterocycles. The molecule has 166 valence electrons. The number of alkyl halides is 3. The minimum atomic E-state index is -4.39. The van der Waals surface area contributed by atoms with Crippen molar-refractivity contribution in [1.29, 1.82) is 0 Å². The maximum Gasteiger partial charge on any atom is 0.406 e. The van der Waals surface area contributed by atoms with Crippen molar-refractivity contribution in [3.05, 3.63) is 40.0 Å². The van der Waals surface area contributed by atoms with Crippen LogP contribution in [0.4, 0.5) is 13.2 Å². The fraction of sp³-hybridized carbons (Fsp3) is 0.571. The molecule has 2 aromatic rings. The summed E-state index contributed by atoms with van der Waals surface area (Å²) in [4.78, 5) is 24.7. The number of carbonyl (C=O) groups is 2. The van der Waals surface area contributed by atoms with E-state index in [4.69, 9.17) is 4.74 Å². The average molecular weight is 427 g/mol. The van der Waals surface area contributed by atoms with Gasteiger partial charge >= 0.3 is 12.1 Å². The smallest absolute Gasteiger partial charge is 0.406 e. The van der Waals surface area contributed by atoms with Crippen LogP contribution in [0, 0.1) is 33.6 Å². The zero-order valence-corrected chi connectivity index (χ0v) is 18.2. The number of esters is 1. The van der Waals surface area contributed by atoms with Gasteiger partial charge in [0.2, 0.25) is 5.78 Å². The Hall–Kier alpha value is -2.58. The number of hydrogen-bond acceptors (Lipinski definition) is 4. The van der Waals surface area contributed by atoms with Crippen molar-refractivity contribution < 1.29 is 27.5 Å². The summed E-state index contributed by atoms with van der Waals surface area (Å²) in [7, 11) is 0. The van der Waals surface area contributed by atoms with E-state index in [1.54, 1.807) is 0 Å². The maximum atomic E-state index is 12.7. The molecule has 0 fully saturated rings. The molecule has 2 rings (SSSR count). The monoisotopic (exact) mass is 427 g/mol. The van der Waals surface area contributed by atoms with Crippen molar-refractivity contribution in [1.82, 2.24) is 14.3 Å². The fourth-order valence-electron chi connectivity index (χ4n) is 3.44. The number of aryl methyl sites for hydroxylation is 2. The molecule has 0 N–H and O–H groups in total. The molecule has 2 heterocycles. The lowest BCUT2D eigenvalue weighted by atomic mass is 10.1. The van der Waals surface area contributed by atoms with E-state index in [9.17, 15) is 22.8 Å². The summed E-state index contributed by atoms with van der Waals surface area (Å²) in [6, 6.07) is 1.39. The van der Waals surface area contributed by atoms with Crippen LogP contribution in [0.1, 0.15) is 52.5 Å². The van der Waals surface area contributed by atoms with Crippen LogP contribution in [0.3, 0.4) is 0 Å². The number of aromatic nitrogens is 3. The number of nitrogens with zero attached hydrogens (tertiary/aromatic N) is 3. The van der Waals surface area contributed by atoms with Crippen molar-refractivity contribution in [2.75, 3.05) is 6.61 Å². The highest BCUT2D eigenvalue weighted by Crippen LogP contribution is 2.23. The summed E-state index contributed by atoms with van der Waals surface area (Å²) in [5.41, 5.74) is 3.02. The topological polar surface area (TPSA) is 66.1 Å². The normalized spacial score (nSPS) is 11.9. The summed E-state index contributed by atoms with van der Waals surface area (Å²) in [5.74, 6) is -0.715.